The van der Waals surface area contributed by atoms with Crippen LogP contribution in [0.4, 0.5) is 0 Å². The summed E-state index contributed by atoms with van der Waals surface area (Å²) >= 11 is 0. The van der Waals surface area contributed by atoms with Crippen molar-refractivity contribution in [2.75, 3.05) is 19.6 Å². The topological polar surface area (TPSA) is 15.3 Å². The zero-order valence-corrected chi connectivity index (χ0v) is 13.5. The highest BCUT2D eigenvalue weighted by Crippen LogP contribution is 2.34. The Morgan fingerprint density at radius 2 is 2.05 bits per heavy atom. The summed E-state index contributed by atoms with van der Waals surface area (Å²) in [7, 11) is 0. The number of nitrogens with one attached hydrogen (secondary N) is 1. The molecule has 1 N–H and O–H groups in total. The lowest BCUT2D eigenvalue weighted by molar-refractivity contribution is 0.151. The normalized spacial score (nSPS) is 25.8. The van der Waals surface area contributed by atoms with E-state index < -0.39 is 0 Å². The van der Waals surface area contributed by atoms with Gasteiger partial charge in [-0.3, -0.25) is 4.90 Å². The summed E-state index contributed by atoms with van der Waals surface area (Å²) in [6, 6.07) is 10.5. The summed E-state index contributed by atoms with van der Waals surface area (Å²) in [5, 5.41) is 3.73. The van der Waals surface area contributed by atoms with Crippen LogP contribution in [0.1, 0.15) is 62.6 Å². The van der Waals surface area contributed by atoms with Crippen molar-refractivity contribution in [1.82, 2.24) is 10.2 Å². The first-order valence-electron chi connectivity index (χ1n) is 8.93. The quantitative estimate of drug-likeness (QED) is 0.882. The van der Waals surface area contributed by atoms with E-state index in [0.717, 1.165) is 0 Å². The second-order valence-electron chi connectivity index (χ2n) is 6.75. The minimum absolute atomic E-state index is 0.652. The van der Waals surface area contributed by atoms with E-state index in [0.29, 0.717) is 12.1 Å². The molecule has 116 valence electrons. The van der Waals surface area contributed by atoms with Crippen molar-refractivity contribution in [3.8, 4) is 0 Å². The molecule has 1 aromatic carbocycles. The third-order valence-corrected chi connectivity index (χ3v) is 5.16. The van der Waals surface area contributed by atoms with Crippen molar-refractivity contribution >= 4 is 0 Å². The van der Waals surface area contributed by atoms with Crippen molar-refractivity contribution in [1.29, 1.82) is 0 Å². The molecular weight excluding hydrogens is 256 g/mol. The number of hydrogen-bond donors (Lipinski definition) is 1. The number of benzene rings is 1. The first kappa shape index (κ1) is 15.1. The lowest BCUT2D eigenvalue weighted by Gasteiger charge is -2.39. The molecule has 3 rings (SSSR count). The highest BCUT2D eigenvalue weighted by atomic mass is 15.2. The number of hydrogen-bond acceptors (Lipinski definition) is 2. The molecule has 0 aromatic heterocycles. The fourth-order valence-corrected chi connectivity index (χ4v) is 4.13. The molecule has 2 heteroatoms. The molecule has 2 unspecified atom stereocenters. The smallest absolute Gasteiger partial charge is 0.0351 e. The van der Waals surface area contributed by atoms with Gasteiger partial charge in [0.1, 0.15) is 0 Å². The Labute approximate surface area is 129 Å². The summed E-state index contributed by atoms with van der Waals surface area (Å²) in [4.78, 5) is 2.76. The summed E-state index contributed by atoms with van der Waals surface area (Å²) in [5.74, 6) is 0. The molecule has 2 aliphatic rings. The van der Waals surface area contributed by atoms with Crippen LogP contribution in [0.15, 0.2) is 24.3 Å². The molecule has 0 spiro atoms. The first-order valence-corrected chi connectivity index (χ1v) is 8.93. The van der Waals surface area contributed by atoms with Gasteiger partial charge in [-0.1, -0.05) is 37.6 Å². The molecule has 1 aliphatic heterocycles. The Hall–Kier alpha value is -0.860. The molecule has 1 fully saturated rings. The zero-order valence-electron chi connectivity index (χ0n) is 13.5. The molecule has 0 bridgehead atoms. The predicted octanol–water partition coefficient (Wildman–Crippen LogP) is 3.92. The fraction of sp³-hybridized carbons (Fsp3) is 0.684. The highest BCUT2D eigenvalue weighted by molar-refractivity contribution is 5.32. The van der Waals surface area contributed by atoms with Crippen molar-refractivity contribution < 1.29 is 0 Å². The van der Waals surface area contributed by atoms with E-state index in [1.54, 1.807) is 11.1 Å². The standard InChI is InChI=1S/C19H30N2/c1-2-14-21(15-17-10-5-6-13-20-17)19-12-7-9-16-8-3-4-11-18(16)19/h3-4,8,11,17,19-20H,2,5-7,9-10,12-15H2,1H3. The van der Waals surface area contributed by atoms with Gasteiger partial charge in [0.15, 0.2) is 0 Å². The van der Waals surface area contributed by atoms with Crippen LogP contribution in [0, 0.1) is 0 Å². The summed E-state index contributed by atoms with van der Waals surface area (Å²) < 4.78 is 0. The van der Waals surface area contributed by atoms with E-state index in [4.69, 9.17) is 0 Å². The van der Waals surface area contributed by atoms with E-state index in [2.05, 4.69) is 41.4 Å². The lowest BCUT2D eigenvalue weighted by Crippen LogP contribution is -2.45. The van der Waals surface area contributed by atoms with Gasteiger partial charge in [-0.15, -0.1) is 0 Å². The number of piperidine rings is 1. The van der Waals surface area contributed by atoms with E-state index in [1.165, 1.54) is 64.6 Å². The second kappa shape index (κ2) is 7.42. The Morgan fingerprint density at radius 3 is 2.86 bits per heavy atom. The van der Waals surface area contributed by atoms with E-state index in [1.807, 2.05) is 0 Å². The molecule has 1 aromatic rings. The monoisotopic (exact) mass is 286 g/mol. The van der Waals surface area contributed by atoms with Crippen LogP contribution in [0.3, 0.4) is 0 Å². The van der Waals surface area contributed by atoms with E-state index in [9.17, 15) is 0 Å². The molecule has 1 aliphatic carbocycles. The van der Waals surface area contributed by atoms with Gasteiger partial charge in [-0.25, -0.2) is 0 Å². The maximum Gasteiger partial charge on any atom is 0.0351 e. The highest BCUT2D eigenvalue weighted by Gasteiger charge is 2.27. The van der Waals surface area contributed by atoms with Crippen LogP contribution < -0.4 is 5.32 Å². The predicted molar refractivity (Wildman–Crippen MR) is 89.6 cm³/mol. The van der Waals surface area contributed by atoms with Gasteiger partial charge < -0.3 is 5.32 Å². The average molecular weight is 286 g/mol. The van der Waals surface area contributed by atoms with Crippen molar-refractivity contribution in [3.05, 3.63) is 35.4 Å². The molecule has 0 radical (unpaired) electrons. The summed E-state index contributed by atoms with van der Waals surface area (Å²) in [6.07, 6.45) is 9.33. The SMILES string of the molecule is CCCN(CC1CCCCN1)C1CCCc2ccccc21. The molecule has 1 heterocycles. The van der Waals surface area contributed by atoms with Crippen LogP contribution in [0.25, 0.3) is 0 Å². The first-order chi connectivity index (χ1) is 10.4. The van der Waals surface area contributed by atoms with Crippen molar-refractivity contribution in [2.45, 2.75) is 64.0 Å². The largest absolute Gasteiger partial charge is 0.313 e. The Bertz CT molecular complexity index is 437. The van der Waals surface area contributed by atoms with E-state index >= 15 is 0 Å². The lowest BCUT2D eigenvalue weighted by atomic mass is 9.86. The van der Waals surface area contributed by atoms with Gasteiger partial charge in [-0.2, -0.15) is 0 Å². The minimum atomic E-state index is 0.652. The number of nitrogens with zero attached hydrogens (tertiary/aromatic N) is 1. The second-order valence-corrected chi connectivity index (χ2v) is 6.75. The number of fused-ring (bicyclic) bond motifs is 1. The maximum absolute atomic E-state index is 3.73. The summed E-state index contributed by atoms with van der Waals surface area (Å²) in [6.45, 7) is 5.99. The van der Waals surface area contributed by atoms with Gasteiger partial charge in [0, 0.05) is 18.6 Å². The minimum Gasteiger partial charge on any atom is -0.313 e. The van der Waals surface area contributed by atoms with Crippen LogP contribution in [-0.4, -0.2) is 30.6 Å². The number of rotatable bonds is 5. The Morgan fingerprint density at radius 1 is 1.14 bits per heavy atom. The van der Waals surface area contributed by atoms with Gasteiger partial charge in [0.2, 0.25) is 0 Å². The molecule has 0 saturated carbocycles. The third-order valence-electron chi connectivity index (χ3n) is 5.16. The Balaban J connectivity index is 1.74. The van der Waals surface area contributed by atoms with Gasteiger partial charge in [0.25, 0.3) is 0 Å². The van der Waals surface area contributed by atoms with Gasteiger partial charge in [0.05, 0.1) is 0 Å². The molecule has 21 heavy (non-hydrogen) atoms. The maximum atomic E-state index is 3.73. The van der Waals surface area contributed by atoms with Crippen LogP contribution in [0.2, 0.25) is 0 Å². The van der Waals surface area contributed by atoms with E-state index in [-0.39, 0.29) is 0 Å². The average Bonchev–Trinajstić information content (AvgIpc) is 2.55. The third kappa shape index (κ3) is 3.67. The molecular formula is C19H30N2. The van der Waals surface area contributed by atoms with Crippen molar-refractivity contribution in [3.63, 3.8) is 0 Å². The molecule has 2 nitrogen and oxygen atoms in total. The molecule has 2 atom stereocenters. The molecule has 0 amide bonds. The Kier molecular flexibility index (Phi) is 5.32. The van der Waals surface area contributed by atoms with Crippen molar-refractivity contribution in [2.24, 2.45) is 0 Å². The van der Waals surface area contributed by atoms with Crippen LogP contribution in [0.5, 0.6) is 0 Å². The zero-order chi connectivity index (χ0) is 14.5. The fourth-order valence-electron chi connectivity index (χ4n) is 4.13. The van der Waals surface area contributed by atoms with Gasteiger partial charge >= 0.3 is 0 Å². The van der Waals surface area contributed by atoms with Crippen LogP contribution >= 0.6 is 0 Å². The summed E-state index contributed by atoms with van der Waals surface area (Å²) in [5.41, 5.74) is 3.19. The molecule has 1 saturated heterocycles. The number of aryl methyl sites for hydroxylation is 1. The van der Waals surface area contributed by atoms with Gasteiger partial charge in [-0.05, 0) is 62.7 Å². The van der Waals surface area contributed by atoms with Crippen LogP contribution in [-0.2, 0) is 6.42 Å².